The zero-order valence-electron chi connectivity index (χ0n) is 15.2. The topological polar surface area (TPSA) is 102 Å². The second-order valence-corrected chi connectivity index (χ2v) is 5.84. The molecule has 0 aliphatic carbocycles. The van der Waals surface area contributed by atoms with E-state index in [0.717, 1.165) is 0 Å². The highest BCUT2D eigenvalue weighted by Gasteiger charge is 2.18. The van der Waals surface area contributed by atoms with E-state index in [1.165, 1.54) is 49.2 Å². The molecular formula is C21H16N2O5. The molecule has 0 radical (unpaired) electrons. The SMILES string of the molecule is COc1ccc(-n2cc(C(=O)c3cc(OC)ccc3O)cc(C#N)c2=O)cc1. The van der Waals surface area contributed by atoms with Crippen LogP contribution in [0.3, 0.4) is 0 Å². The maximum atomic E-state index is 12.9. The molecule has 0 amide bonds. The minimum absolute atomic E-state index is 0.00293. The zero-order valence-corrected chi connectivity index (χ0v) is 15.2. The number of carbonyl (C=O) groups excluding carboxylic acids is 1. The van der Waals surface area contributed by atoms with E-state index in [2.05, 4.69) is 0 Å². The number of carbonyl (C=O) groups is 1. The van der Waals surface area contributed by atoms with Gasteiger partial charge in [0.15, 0.2) is 5.78 Å². The first-order valence-corrected chi connectivity index (χ1v) is 8.21. The number of methoxy groups -OCH3 is 2. The number of pyridine rings is 1. The van der Waals surface area contributed by atoms with Crippen molar-refractivity contribution in [2.75, 3.05) is 14.2 Å². The van der Waals surface area contributed by atoms with Gasteiger partial charge in [-0.1, -0.05) is 0 Å². The maximum absolute atomic E-state index is 12.9. The first-order valence-electron chi connectivity index (χ1n) is 8.21. The summed E-state index contributed by atoms with van der Waals surface area (Å²) in [4.78, 5) is 25.5. The van der Waals surface area contributed by atoms with Gasteiger partial charge in [-0.3, -0.25) is 14.2 Å². The molecule has 0 spiro atoms. The molecule has 2 aromatic carbocycles. The van der Waals surface area contributed by atoms with E-state index in [1.54, 1.807) is 24.3 Å². The fraction of sp³-hybridized carbons (Fsp3) is 0.0952. The lowest BCUT2D eigenvalue weighted by Crippen LogP contribution is -2.22. The third-order valence-electron chi connectivity index (χ3n) is 4.20. The molecule has 0 unspecified atom stereocenters. The molecule has 3 aromatic rings. The summed E-state index contributed by atoms with van der Waals surface area (Å²) >= 11 is 0. The number of benzene rings is 2. The van der Waals surface area contributed by atoms with E-state index in [1.807, 2.05) is 6.07 Å². The molecule has 0 saturated carbocycles. The van der Waals surface area contributed by atoms with Gasteiger partial charge >= 0.3 is 0 Å². The van der Waals surface area contributed by atoms with Crippen LogP contribution >= 0.6 is 0 Å². The molecule has 7 heteroatoms. The van der Waals surface area contributed by atoms with Crippen LogP contribution in [0.15, 0.2) is 59.5 Å². The summed E-state index contributed by atoms with van der Waals surface area (Å²) in [6.07, 6.45) is 1.34. The van der Waals surface area contributed by atoms with E-state index in [-0.39, 0.29) is 22.4 Å². The third-order valence-corrected chi connectivity index (χ3v) is 4.20. The summed E-state index contributed by atoms with van der Waals surface area (Å²) in [5.74, 6) is 0.220. The Balaban J connectivity index is 2.16. The molecule has 1 heterocycles. The number of hydrogen-bond acceptors (Lipinski definition) is 6. The van der Waals surface area contributed by atoms with Gasteiger partial charge in [0.25, 0.3) is 5.56 Å². The Hall–Kier alpha value is -4.05. The molecule has 7 nitrogen and oxygen atoms in total. The van der Waals surface area contributed by atoms with Gasteiger partial charge in [-0.05, 0) is 48.5 Å². The van der Waals surface area contributed by atoms with Crippen molar-refractivity contribution >= 4 is 5.78 Å². The van der Waals surface area contributed by atoms with Crippen LogP contribution in [0.5, 0.6) is 17.2 Å². The first-order chi connectivity index (χ1) is 13.5. The van der Waals surface area contributed by atoms with Crippen molar-refractivity contribution in [3.05, 3.63) is 81.8 Å². The number of nitrogens with zero attached hydrogens (tertiary/aromatic N) is 2. The van der Waals surface area contributed by atoms with Crippen LogP contribution in [-0.4, -0.2) is 29.7 Å². The molecule has 28 heavy (non-hydrogen) atoms. The molecule has 0 bridgehead atoms. The number of nitriles is 1. The largest absolute Gasteiger partial charge is 0.507 e. The molecule has 3 rings (SSSR count). The standard InChI is InChI=1S/C21H16N2O5/c1-27-16-5-3-15(4-6-16)23-12-14(9-13(11-22)21(23)26)20(25)18-10-17(28-2)7-8-19(18)24/h3-10,12,24H,1-2H3. The van der Waals surface area contributed by atoms with Crippen LogP contribution < -0.4 is 15.0 Å². The molecule has 1 aromatic heterocycles. The van der Waals surface area contributed by atoms with E-state index >= 15 is 0 Å². The average Bonchev–Trinajstić information content (AvgIpc) is 2.74. The zero-order chi connectivity index (χ0) is 20.3. The van der Waals surface area contributed by atoms with E-state index in [9.17, 15) is 20.0 Å². The van der Waals surface area contributed by atoms with Gasteiger partial charge in [0, 0.05) is 17.4 Å². The molecule has 0 fully saturated rings. The molecule has 0 aliphatic heterocycles. The highest BCUT2D eigenvalue weighted by molar-refractivity contribution is 6.10. The number of rotatable bonds is 5. The van der Waals surface area contributed by atoms with Crippen molar-refractivity contribution in [3.63, 3.8) is 0 Å². The Labute approximate surface area is 160 Å². The van der Waals surface area contributed by atoms with Gasteiger partial charge in [0.05, 0.1) is 19.8 Å². The number of ketones is 1. The fourth-order valence-electron chi connectivity index (χ4n) is 2.70. The van der Waals surface area contributed by atoms with Crippen molar-refractivity contribution in [1.82, 2.24) is 4.57 Å². The highest BCUT2D eigenvalue weighted by atomic mass is 16.5. The lowest BCUT2D eigenvalue weighted by Gasteiger charge is -2.11. The number of phenolic OH excluding ortho intramolecular Hbond substituents is 1. The molecule has 0 atom stereocenters. The van der Waals surface area contributed by atoms with Gasteiger partial charge in [0.2, 0.25) is 0 Å². The van der Waals surface area contributed by atoms with Crippen LogP contribution in [-0.2, 0) is 0 Å². The van der Waals surface area contributed by atoms with E-state index in [0.29, 0.717) is 17.2 Å². The highest BCUT2D eigenvalue weighted by Crippen LogP contribution is 2.26. The smallest absolute Gasteiger partial charge is 0.273 e. The van der Waals surface area contributed by atoms with Crippen molar-refractivity contribution in [2.24, 2.45) is 0 Å². The number of hydrogen-bond donors (Lipinski definition) is 1. The molecule has 1 N–H and O–H groups in total. The normalized spacial score (nSPS) is 10.2. The van der Waals surface area contributed by atoms with Crippen molar-refractivity contribution < 1.29 is 19.4 Å². The predicted molar refractivity (Wildman–Crippen MR) is 101 cm³/mol. The summed E-state index contributed by atoms with van der Waals surface area (Å²) in [5.41, 5.74) is -0.200. The van der Waals surface area contributed by atoms with Crippen molar-refractivity contribution in [3.8, 4) is 29.0 Å². The monoisotopic (exact) mass is 376 g/mol. The lowest BCUT2D eigenvalue weighted by atomic mass is 10.0. The lowest BCUT2D eigenvalue weighted by molar-refractivity contribution is 0.103. The third kappa shape index (κ3) is 3.44. The van der Waals surface area contributed by atoms with E-state index in [4.69, 9.17) is 9.47 Å². The molecule has 0 aliphatic rings. The quantitative estimate of drug-likeness (QED) is 0.687. The predicted octanol–water partition coefficient (Wildman–Crippen LogP) is 2.66. The number of aromatic nitrogens is 1. The van der Waals surface area contributed by atoms with Gasteiger partial charge in [-0.15, -0.1) is 0 Å². The molecular weight excluding hydrogens is 360 g/mol. The number of aromatic hydroxyl groups is 1. The summed E-state index contributed by atoms with van der Waals surface area (Å²) in [6, 6.07) is 13.9. The van der Waals surface area contributed by atoms with E-state index < -0.39 is 11.3 Å². The summed E-state index contributed by atoms with van der Waals surface area (Å²) < 4.78 is 11.4. The first kappa shape index (κ1) is 18.7. The number of phenols is 1. The molecule has 140 valence electrons. The van der Waals surface area contributed by atoms with Crippen LogP contribution in [0, 0.1) is 11.3 Å². The van der Waals surface area contributed by atoms with Crippen molar-refractivity contribution in [1.29, 1.82) is 5.26 Å². The number of ether oxygens (including phenoxy) is 2. The maximum Gasteiger partial charge on any atom is 0.273 e. The second kappa shape index (κ2) is 7.68. The summed E-state index contributed by atoms with van der Waals surface area (Å²) in [6.45, 7) is 0. The Bertz CT molecular complexity index is 1140. The molecule has 0 saturated heterocycles. The van der Waals surface area contributed by atoms with Crippen molar-refractivity contribution in [2.45, 2.75) is 0 Å². The average molecular weight is 376 g/mol. The van der Waals surface area contributed by atoms with Crippen LogP contribution in [0.25, 0.3) is 5.69 Å². The summed E-state index contributed by atoms with van der Waals surface area (Å²) in [7, 11) is 2.97. The Morgan fingerprint density at radius 2 is 1.68 bits per heavy atom. The van der Waals surface area contributed by atoms with Crippen LogP contribution in [0.4, 0.5) is 0 Å². The minimum atomic E-state index is -0.556. The van der Waals surface area contributed by atoms with Gasteiger partial charge in [-0.2, -0.15) is 5.26 Å². The van der Waals surface area contributed by atoms with Gasteiger partial charge in [-0.25, -0.2) is 0 Å². The summed E-state index contributed by atoms with van der Waals surface area (Å²) in [5, 5.41) is 19.4. The minimum Gasteiger partial charge on any atom is -0.507 e. The Kier molecular flexibility index (Phi) is 5.14. The second-order valence-electron chi connectivity index (χ2n) is 5.84. The van der Waals surface area contributed by atoms with Gasteiger partial charge in [0.1, 0.15) is 28.9 Å². The van der Waals surface area contributed by atoms with Crippen LogP contribution in [0.2, 0.25) is 0 Å². The fourth-order valence-corrected chi connectivity index (χ4v) is 2.70. The van der Waals surface area contributed by atoms with Crippen LogP contribution in [0.1, 0.15) is 21.5 Å². The Morgan fingerprint density at radius 1 is 1.04 bits per heavy atom. The van der Waals surface area contributed by atoms with Gasteiger partial charge < -0.3 is 14.6 Å². The Morgan fingerprint density at radius 3 is 2.29 bits per heavy atom.